The zero-order valence-corrected chi connectivity index (χ0v) is 16.0. The van der Waals surface area contributed by atoms with Gasteiger partial charge in [-0.2, -0.15) is 0 Å². The summed E-state index contributed by atoms with van der Waals surface area (Å²) in [6.07, 6.45) is 3.94. The average molecular weight is 420 g/mol. The van der Waals surface area contributed by atoms with E-state index in [-0.39, 0.29) is 0 Å². The standard InChI is InChI=1S/C16H24Br2N2O/c1-20-7-4-12(5-8-20)3-6-19-11-13-9-14(17)10-15(18)16(13)21-2/h9-10,12,19H,3-8,11H2,1-2H3. The quantitative estimate of drug-likeness (QED) is 0.704. The molecule has 1 N–H and O–H groups in total. The second kappa shape index (κ2) is 8.51. The molecule has 1 heterocycles. The highest BCUT2D eigenvalue weighted by Crippen LogP contribution is 2.32. The fourth-order valence-corrected chi connectivity index (χ4v) is 4.33. The first kappa shape index (κ1) is 17.3. The largest absolute Gasteiger partial charge is 0.495 e. The minimum atomic E-state index is 0.841. The molecule has 5 heteroatoms. The van der Waals surface area contributed by atoms with Gasteiger partial charge < -0.3 is 15.0 Å². The Hall–Kier alpha value is -0.100. The summed E-state index contributed by atoms with van der Waals surface area (Å²) < 4.78 is 7.54. The molecule has 0 amide bonds. The van der Waals surface area contributed by atoms with E-state index in [1.807, 2.05) is 6.07 Å². The van der Waals surface area contributed by atoms with Gasteiger partial charge in [0, 0.05) is 16.6 Å². The maximum absolute atomic E-state index is 5.48. The molecule has 0 aliphatic carbocycles. The lowest BCUT2D eigenvalue weighted by molar-refractivity contribution is 0.211. The molecule has 2 rings (SSSR count). The highest BCUT2D eigenvalue weighted by atomic mass is 79.9. The Morgan fingerprint density at radius 1 is 1.29 bits per heavy atom. The van der Waals surface area contributed by atoms with Gasteiger partial charge in [-0.25, -0.2) is 0 Å². The Kier molecular flexibility index (Phi) is 6.99. The third-order valence-corrected chi connectivity index (χ3v) is 5.22. The van der Waals surface area contributed by atoms with Gasteiger partial charge in [0.15, 0.2) is 0 Å². The summed E-state index contributed by atoms with van der Waals surface area (Å²) in [5.74, 6) is 1.80. The summed E-state index contributed by atoms with van der Waals surface area (Å²) in [5.41, 5.74) is 1.18. The van der Waals surface area contributed by atoms with Gasteiger partial charge in [-0.3, -0.25) is 0 Å². The molecule has 0 saturated carbocycles. The number of methoxy groups -OCH3 is 1. The van der Waals surface area contributed by atoms with Crippen LogP contribution in [0.25, 0.3) is 0 Å². The van der Waals surface area contributed by atoms with E-state index in [0.29, 0.717) is 0 Å². The topological polar surface area (TPSA) is 24.5 Å². The fraction of sp³-hybridized carbons (Fsp3) is 0.625. The van der Waals surface area contributed by atoms with Crippen molar-refractivity contribution in [3.63, 3.8) is 0 Å². The average Bonchev–Trinajstić information content (AvgIpc) is 2.45. The summed E-state index contributed by atoms with van der Waals surface area (Å²) in [4.78, 5) is 2.42. The van der Waals surface area contributed by atoms with E-state index in [2.05, 4.69) is 55.2 Å². The highest BCUT2D eigenvalue weighted by Gasteiger charge is 2.16. The third kappa shape index (κ3) is 5.23. The molecule has 1 saturated heterocycles. The summed E-state index contributed by atoms with van der Waals surface area (Å²) >= 11 is 7.08. The van der Waals surface area contributed by atoms with Gasteiger partial charge in [-0.1, -0.05) is 15.9 Å². The number of likely N-dealkylation sites (tertiary alicyclic amines) is 1. The summed E-state index contributed by atoms with van der Waals surface area (Å²) in [6, 6.07) is 4.13. The molecule has 0 spiro atoms. The number of hydrogen-bond acceptors (Lipinski definition) is 3. The Balaban J connectivity index is 1.78. The first-order valence-corrected chi connectivity index (χ1v) is 9.10. The number of piperidine rings is 1. The Bertz CT molecular complexity index is 460. The van der Waals surface area contributed by atoms with Gasteiger partial charge in [0.25, 0.3) is 0 Å². The van der Waals surface area contributed by atoms with Crippen molar-refractivity contribution in [2.24, 2.45) is 5.92 Å². The maximum atomic E-state index is 5.48. The molecule has 1 aromatic carbocycles. The van der Waals surface area contributed by atoms with E-state index in [4.69, 9.17) is 4.74 Å². The molecular weight excluding hydrogens is 396 g/mol. The predicted molar refractivity (Wildman–Crippen MR) is 94.9 cm³/mol. The van der Waals surface area contributed by atoms with E-state index in [9.17, 15) is 0 Å². The van der Waals surface area contributed by atoms with Crippen molar-refractivity contribution >= 4 is 31.9 Å². The monoisotopic (exact) mass is 418 g/mol. The van der Waals surface area contributed by atoms with E-state index >= 15 is 0 Å². The normalized spacial score (nSPS) is 17.1. The number of hydrogen-bond donors (Lipinski definition) is 1. The number of rotatable bonds is 6. The minimum absolute atomic E-state index is 0.841. The Morgan fingerprint density at radius 3 is 2.67 bits per heavy atom. The van der Waals surface area contributed by atoms with Crippen LogP contribution in [0.3, 0.4) is 0 Å². The first-order valence-electron chi connectivity index (χ1n) is 7.51. The maximum Gasteiger partial charge on any atom is 0.137 e. The molecular formula is C16H24Br2N2O. The van der Waals surface area contributed by atoms with Crippen LogP contribution in [0, 0.1) is 5.92 Å². The SMILES string of the molecule is COc1c(Br)cc(Br)cc1CNCCC1CCN(C)CC1. The van der Waals surface area contributed by atoms with Crippen molar-refractivity contribution in [1.82, 2.24) is 10.2 Å². The molecule has 1 aliphatic rings. The lowest BCUT2D eigenvalue weighted by Gasteiger charge is -2.28. The van der Waals surface area contributed by atoms with Gasteiger partial charge >= 0.3 is 0 Å². The van der Waals surface area contributed by atoms with E-state index in [1.54, 1.807) is 7.11 Å². The van der Waals surface area contributed by atoms with Crippen LogP contribution < -0.4 is 10.1 Å². The molecule has 1 fully saturated rings. The van der Waals surface area contributed by atoms with Gasteiger partial charge in [-0.15, -0.1) is 0 Å². The third-order valence-electron chi connectivity index (χ3n) is 4.17. The van der Waals surface area contributed by atoms with Gasteiger partial charge in [0.05, 0.1) is 11.6 Å². The van der Waals surface area contributed by atoms with Crippen molar-refractivity contribution in [3.05, 3.63) is 26.6 Å². The van der Waals surface area contributed by atoms with Crippen LogP contribution in [0.4, 0.5) is 0 Å². The lowest BCUT2D eigenvalue weighted by Crippen LogP contribution is -2.31. The van der Waals surface area contributed by atoms with Crippen LogP contribution >= 0.6 is 31.9 Å². The van der Waals surface area contributed by atoms with Crippen LogP contribution in [0.5, 0.6) is 5.75 Å². The molecule has 0 atom stereocenters. The van der Waals surface area contributed by atoms with Crippen molar-refractivity contribution in [1.29, 1.82) is 0 Å². The fourth-order valence-electron chi connectivity index (χ4n) is 2.85. The molecule has 118 valence electrons. The van der Waals surface area contributed by atoms with Crippen LogP contribution in [0.2, 0.25) is 0 Å². The molecule has 0 unspecified atom stereocenters. The van der Waals surface area contributed by atoms with E-state index in [0.717, 1.165) is 33.7 Å². The summed E-state index contributed by atoms with van der Waals surface area (Å²) in [5, 5.41) is 3.55. The second-order valence-electron chi connectivity index (χ2n) is 5.79. The molecule has 21 heavy (non-hydrogen) atoms. The highest BCUT2D eigenvalue weighted by molar-refractivity contribution is 9.11. The molecule has 0 aromatic heterocycles. The van der Waals surface area contributed by atoms with E-state index in [1.165, 1.54) is 37.9 Å². The second-order valence-corrected chi connectivity index (χ2v) is 7.56. The van der Waals surface area contributed by atoms with E-state index < -0.39 is 0 Å². The number of nitrogens with one attached hydrogen (secondary N) is 1. The number of nitrogens with zero attached hydrogens (tertiary/aromatic N) is 1. The Labute approximate surface area is 144 Å². The van der Waals surface area contributed by atoms with Crippen molar-refractivity contribution in [2.45, 2.75) is 25.8 Å². The van der Waals surface area contributed by atoms with Crippen molar-refractivity contribution < 1.29 is 4.74 Å². The summed E-state index contributed by atoms with van der Waals surface area (Å²) in [6.45, 7) is 4.41. The van der Waals surface area contributed by atoms with Gasteiger partial charge in [-0.05, 0) is 79.9 Å². The molecule has 1 aromatic rings. The molecule has 0 bridgehead atoms. The van der Waals surface area contributed by atoms with Gasteiger partial charge in [0.1, 0.15) is 5.75 Å². The van der Waals surface area contributed by atoms with Gasteiger partial charge in [0.2, 0.25) is 0 Å². The van der Waals surface area contributed by atoms with Crippen LogP contribution in [0.15, 0.2) is 21.1 Å². The van der Waals surface area contributed by atoms with Crippen molar-refractivity contribution in [2.75, 3.05) is 33.8 Å². The predicted octanol–water partition coefficient (Wildman–Crippen LogP) is 4.04. The van der Waals surface area contributed by atoms with Crippen LogP contribution in [-0.2, 0) is 6.54 Å². The molecule has 1 aliphatic heterocycles. The minimum Gasteiger partial charge on any atom is -0.495 e. The zero-order valence-electron chi connectivity index (χ0n) is 12.8. The first-order chi connectivity index (χ1) is 10.1. The van der Waals surface area contributed by atoms with Crippen molar-refractivity contribution in [3.8, 4) is 5.75 Å². The number of ether oxygens (including phenoxy) is 1. The number of benzene rings is 1. The lowest BCUT2D eigenvalue weighted by atomic mass is 9.94. The zero-order chi connectivity index (χ0) is 15.2. The molecule has 0 radical (unpaired) electrons. The number of halogens is 2. The smallest absolute Gasteiger partial charge is 0.137 e. The summed E-state index contributed by atoms with van der Waals surface area (Å²) in [7, 11) is 3.93. The van der Waals surface area contributed by atoms with Crippen LogP contribution in [0.1, 0.15) is 24.8 Å². The molecule has 3 nitrogen and oxygen atoms in total. The Morgan fingerprint density at radius 2 is 2.00 bits per heavy atom. The van der Waals surface area contributed by atoms with Crippen LogP contribution in [-0.4, -0.2) is 38.7 Å².